The van der Waals surface area contributed by atoms with Crippen molar-refractivity contribution in [1.29, 1.82) is 0 Å². The molecule has 7 nitrogen and oxygen atoms in total. The van der Waals surface area contributed by atoms with Crippen molar-refractivity contribution in [3.05, 3.63) is 84.2 Å². The molecule has 8 heteroatoms. The Morgan fingerprint density at radius 1 is 1.10 bits per heavy atom. The highest BCUT2D eigenvalue weighted by Crippen LogP contribution is 2.26. The van der Waals surface area contributed by atoms with Crippen LogP contribution >= 0.6 is 11.3 Å². The molecule has 0 aliphatic rings. The summed E-state index contributed by atoms with van der Waals surface area (Å²) in [5.41, 5.74) is 1.99. The number of aromatic nitrogens is 2. The number of benzene rings is 2. The standard InChI is InChI=1S/C23H22N4O3S/c1-15(21(29)24-14-19(28)16-7-3-2-4-8-16)25-22(30)17-9-10-18-20(13-17)31-23(26-18)27-11-5-6-12-27/h2-13,15,19,28H,14H2,1H3,(H,24,29)(H,25,30). The molecule has 0 spiro atoms. The van der Waals surface area contributed by atoms with Crippen LogP contribution in [0.4, 0.5) is 0 Å². The molecule has 3 N–H and O–H groups in total. The number of carbonyl (C=O) groups is 2. The van der Waals surface area contributed by atoms with Crippen LogP contribution in [-0.4, -0.2) is 39.1 Å². The lowest BCUT2D eigenvalue weighted by Crippen LogP contribution is -2.45. The lowest BCUT2D eigenvalue weighted by atomic mass is 10.1. The van der Waals surface area contributed by atoms with Gasteiger partial charge in [-0.1, -0.05) is 41.7 Å². The van der Waals surface area contributed by atoms with Gasteiger partial charge < -0.3 is 20.3 Å². The minimum absolute atomic E-state index is 0.0675. The van der Waals surface area contributed by atoms with Gasteiger partial charge in [-0.3, -0.25) is 9.59 Å². The average Bonchev–Trinajstić information content (AvgIpc) is 3.46. The van der Waals surface area contributed by atoms with Crippen LogP contribution in [0.15, 0.2) is 73.1 Å². The van der Waals surface area contributed by atoms with E-state index in [0.717, 1.165) is 20.9 Å². The SMILES string of the molecule is CC(NC(=O)c1ccc2nc(-n3cccc3)sc2c1)C(=O)NCC(O)c1ccccc1. The number of hydrogen-bond donors (Lipinski definition) is 3. The second-order valence-corrected chi connectivity index (χ2v) is 8.15. The second kappa shape index (κ2) is 9.11. The number of nitrogens with zero attached hydrogens (tertiary/aromatic N) is 2. The topological polar surface area (TPSA) is 96.2 Å². The zero-order valence-corrected chi connectivity index (χ0v) is 17.7. The Morgan fingerprint density at radius 3 is 2.58 bits per heavy atom. The summed E-state index contributed by atoms with van der Waals surface area (Å²) in [6, 6.07) is 17.5. The normalized spacial score (nSPS) is 13.0. The predicted molar refractivity (Wildman–Crippen MR) is 120 cm³/mol. The molecule has 0 aliphatic carbocycles. The minimum atomic E-state index is -0.809. The Morgan fingerprint density at radius 2 is 1.84 bits per heavy atom. The Balaban J connectivity index is 1.36. The van der Waals surface area contributed by atoms with Gasteiger partial charge in [0.15, 0.2) is 5.13 Å². The van der Waals surface area contributed by atoms with E-state index in [4.69, 9.17) is 0 Å². The summed E-state index contributed by atoms with van der Waals surface area (Å²) < 4.78 is 2.81. The highest BCUT2D eigenvalue weighted by Gasteiger charge is 2.18. The first-order valence-electron chi connectivity index (χ1n) is 9.87. The van der Waals surface area contributed by atoms with Gasteiger partial charge in [0.25, 0.3) is 5.91 Å². The number of aliphatic hydroxyl groups is 1. The highest BCUT2D eigenvalue weighted by atomic mass is 32.1. The number of aliphatic hydroxyl groups excluding tert-OH is 1. The van der Waals surface area contributed by atoms with Crippen molar-refractivity contribution < 1.29 is 14.7 Å². The van der Waals surface area contributed by atoms with Crippen molar-refractivity contribution in [2.75, 3.05) is 6.54 Å². The van der Waals surface area contributed by atoms with Gasteiger partial charge >= 0.3 is 0 Å². The van der Waals surface area contributed by atoms with Crippen LogP contribution in [0.3, 0.4) is 0 Å². The average molecular weight is 435 g/mol. The fourth-order valence-electron chi connectivity index (χ4n) is 3.12. The molecule has 0 saturated carbocycles. The molecule has 2 atom stereocenters. The first-order valence-corrected chi connectivity index (χ1v) is 10.7. The molecular formula is C23H22N4O3S. The lowest BCUT2D eigenvalue weighted by molar-refractivity contribution is -0.123. The summed E-state index contributed by atoms with van der Waals surface area (Å²) in [6.07, 6.45) is 3.03. The van der Waals surface area contributed by atoms with E-state index in [9.17, 15) is 14.7 Å². The number of fused-ring (bicyclic) bond motifs is 1. The van der Waals surface area contributed by atoms with Gasteiger partial charge in [-0.25, -0.2) is 4.98 Å². The van der Waals surface area contributed by atoms with E-state index in [-0.39, 0.29) is 18.4 Å². The van der Waals surface area contributed by atoms with Crippen LogP contribution in [0.2, 0.25) is 0 Å². The van der Waals surface area contributed by atoms with Crippen LogP contribution in [0.5, 0.6) is 0 Å². The molecule has 2 amide bonds. The van der Waals surface area contributed by atoms with Crippen LogP contribution in [0, 0.1) is 0 Å². The van der Waals surface area contributed by atoms with Crippen molar-refractivity contribution in [2.45, 2.75) is 19.1 Å². The smallest absolute Gasteiger partial charge is 0.251 e. The Bertz CT molecular complexity index is 1190. The summed E-state index contributed by atoms with van der Waals surface area (Å²) in [6.45, 7) is 1.68. The first kappa shape index (κ1) is 20.8. The molecule has 2 heterocycles. The van der Waals surface area contributed by atoms with Gasteiger partial charge in [-0.15, -0.1) is 0 Å². The molecule has 158 valence electrons. The van der Waals surface area contributed by atoms with Gasteiger partial charge in [0, 0.05) is 24.5 Å². The maximum absolute atomic E-state index is 12.6. The van der Waals surface area contributed by atoms with Gasteiger partial charge in [0.2, 0.25) is 5.91 Å². The third-order valence-corrected chi connectivity index (χ3v) is 5.89. The Labute approximate surface area is 183 Å². The molecule has 0 fully saturated rings. The fraction of sp³-hybridized carbons (Fsp3) is 0.174. The van der Waals surface area contributed by atoms with Crippen molar-refractivity contribution in [3.8, 4) is 5.13 Å². The second-order valence-electron chi connectivity index (χ2n) is 7.14. The van der Waals surface area contributed by atoms with E-state index in [1.165, 1.54) is 11.3 Å². The minimum Gasteiger partial charge on any atom is -0.387 e. The monoisotopic (exact) mass is 434 g/mol. The predicted octanol–water partition coefficient (Wildman–Crippen LogP) is 3.06. The molecule has 2 aromatic carbocycles. The number of rotatable bonds is 7. The molecule has 0 radical (unpaired) electrons. The van der Waals surface area contributed by atoms with E-state index < -0.39 is 12.1 Å². The molecule has 2 unspecified atom stereocenters. The highest BCUT2D eigenvalue weighted by molar-refractivity contribution is 7.20. The zero-order chi connectivity index (χ0) is 21.8. The molecule has 2 aromatic heterocycles. The van der Waals surface area contributed by atoms with Crippen molar-refractivity contribution in [3.63, 3.8) is 0 Å². The van der Waals surface area contributed by atoms with E-state index in [0.29, 0.717) is 5.56 Å². The molecule has 0 bridgehead atoms. The maximum atomic E-state index is 12.6. The summed E-state index contributed by atoms with van der Waals surface area (Å²) in [5, 5.41) is 16.4. The molecular weight excluding hydrogens is 412 g/mol. The van der Waals surface area contributed by atoms with E-state index in [1.807, 2.05) is 47.3 Å². The van der Waals surface area contributed by atoms with Crippen LogP contribution < -0.4 is 10.6 Å². The summed E-state index contributed by atoms with van der Waals surface area (Å²) >= 11 is 1.49. The number of carbonyl (C=O) groups excluding carboxylic acids is 2. The van der Waals surface area contributed by atoms with Crippen molar-refractivity contribution in [2.24, 2.45) is 0 Å². The van der Waals surface area contributed by atoms with Crippen LogP contribution in [0.1, 0.15) is 28.9 Å². The van der Waals surface area contributed by atoms with E-state index in [2.05, 4.69) is 15.6 Å². The number of amides is 2. The van der Waals surface area contributed by atoms with E-state index in [1.54, 1.807) is 37.3 Å². The van der Waals surface area contributed by atoms with Crippen molar-refractivity contribution in [1.82, 2.24) is 20.2 Å². The molecule has 4 rings (SSSR count). The molecule has 0 saturated heterocycles. The number of nitrogens with one attached hydrogen (secondary N) is 2. The number of hydrogen-bond acceptors (Lipinski definition) is 5. The quantitative estimate of drug-likeness (QED) is 0.417. The summed E-state index contributed by atoms with van der Waals surface area (Å²) in [4.78, 5) is 29.6. The van der Waals surface area contributed by atoms with Gasteiger partial charge in [0.05, 0.1) is 16.3 Å². The van der Waals surface area contributed by atoms with E-state index >= 15 is 0 Å². The largest absolute Gasteiger partial charge is 0.387 e. The van der Waals surface area contributed by atoms with Gasteiger partial charge in [-0.05, 0) is 42.8 Å². The summed E-state index contributed by atoms with van der Waals surface area (Å²) in [5.74, 6) is -0.707. The fourth-order valence-corrected chi connectivity index (χ4v) is 4.09. The molecule has 31 heavy (non-hydrogen) atoms. The Hall–Kier alpha value is -3.49. The third-order valence-electron chi connectivity index (χ3n) is 4.86. The van der Waals surface area contributed by atoms with Gasteiger partial charge in [-0.2, -0.15) is 0 Å². The summed E-state index contributed by atoms with van der Waals surface area (Å²) in [7, 11) is 0. The maximum Gasteiger partial charge on any atom is 0.251 e. The van der Waals surface area contributed by atoms with Crippen LogP contribution in [-0.2, 0) is 4.79 Å². The first-order chi connectivity index (χ1) is 15.0. The van der Waals surface area contributed by atoms with Crippen LogP contribution in [0.25, 0.3) is 15.3 Å². The zero-order valence-electron chi connectivity index (χ0n) is 16.9. The lowest BCUT2D eigenvalue weighted by Gasteiger charge is -2.16. The Kier molecular flexibility index (Phi) is 6.11. The number of thiazole rings is 1. The molecule has 0 aliphatic heterocycles. The van der Waals surface area contributed by atoms with Crippen molar-refractivity contribution >= 4 is 33.4 Å². The molecule has 4 aromatic rings. The van der Waals surface area contributed by atoms with Gasteiger partial charge in [0.1, 0.15) is 6.04 Å². The third kappa shape index (κ3) is 4.82.